The number of hydrogen-bond donors (Lipinski definition) is 0. The molecule has 2 atom stereocenters. The van der Waals surface area contributed by atoms with Gasteiger partial charge < -0.3 is 4.74 Å². The molecule has 0 bridgehead atoms. The molecule has 1 fully saturated rings. The van der Waals surface area contributed by atoms with Crippen LogP contribution in [0.15, 0.2) is 18.2 Å². The van der Waals surface area contributed by atoms with Gasteiger partial charge in [-0.1, -0.05) is 39.0 Å². The molecule has 0 saturated heterocycles. The third-order valence-electron chi connectivity index (χ3n) is 4.24. The highest BCUT2D eigenvalue weighted by Crippen LogP contribution is 2.46. The Labute approximate surface area is 105 Å². The van der Waals surface area contributed by atoms with Gasteiger partial charge in [0.15, 0.2) is 0 Å². The Balaban J connectivity index is 2.37. The van der Waals surface area contributed by atoms with E-state index >= 15 is 0 Å². The van der Waals surface area contributed by atoms with Crippen molar-refractivity contribution in [3.05, 3.63) is 29.3 Å². The molecule has 94 valence electrons. The predicted molar refractivity (Wildman–Crippen MR) is 72.8 cm³/mol. The average molecular weight is 232 g/mol. The Morgan fingerprint density at radius 2 is 1.88 bits per heavy atom. The van der Waals surface area contributed by atoms with Crippen LogP contribution in [0.3, 0.4) is 0 Å². The molecule has 1 aromatic rings. The first-order valence-electron chi connectivity index (χ1n) is 6.85. The smallest absolute Gasteiger partial charge is 0.125 e. The van der Waals surface area contributed by atoms with E-state index in [1.807, 2.05) is 7.11 Å². The van der Waals surface area contributed by atoms with Crippen molar-refractivity contribution in [1.82, 2.24) is 0 Å². The van der Waals surface area contributed by atoms with Gasteiger partial charge in [0.25, 0.3) is 0 Å². The third kappa shape index (κ3) is 2.48. The van der Waals surface area contributed by atoms with Crippen LogP contribution in [0.1, 0.15) is 63.0 Å². The van der Waals surface area contributed by atoms with Gasteiger partial charge in [0.2, 0.25) is 0 Å². The topological polar surface area (TPSA) is 9.23 Å². The normalized spacial score (nSPS) is 18.8. The van der Waals surface area contributed by atoms with Crippen LogP contribution < -0.4 is 4.74 Å². The lowest BCUT2D eigenvalue weighted by Crippen LogP contribution is -2.04. The van der Waals surface area contributed by atoms with E-state index in [4.69, 9.17) is 4.74 Å². The van der Waals surface area contributed by atoms with Gasteiger partial charge in [-0.2, -0.15) is 0 Å². The molecule has 0 aromatic heterocycles. The summed E-state index contributed by atoms with van der Waals surface area (Å²) in [5, 5.41) is 0. The van der Waals surface area contributed by atoms with Crippen LogP contribution in [-0.4, -0.2) is 7.11 Å². The average Bonchev–Trinajstić information content (AvgIpc) is 3.20. The Bertz CT molecular complexity index is 379. The molecule has 1 aromatic carbocycles. The van der Waals surface area contributed by atoms with Gasteiger partial charge in [0.05, 0.1) is 7.11 Å². The first-order chi connectivity index (χ1) is 8.19. The van der Waals surface area contributed by atoms with Crippen LogP contribution in [-0.2, 0) is 0 Å². The molecule has 0 aliphatic heterocycles. The molecule has 1 nitrogen and oxygen atoms in total. The van der Waals surface area contributed by atoms with Crippen molar-refractivity contribution >= 4 is 0 Å². The molecule has 0 N–H and O–H groups in total. The monoisotopic (exact) mass is 232 g/mol. The lowest BCUT2D eigenvalue weighted by atomic mass is 9.89. The van der Waals surface area contributed by atoms with Crippen molar-refractivity contribution in [2.45, 2.75) is 51.9 Å². The first-order valence-corrected chi connectivity index (χ1v) is 6.85. The minimum atomic E-state index is 0.580. The molecule has 0 spiro atoms. The summed E-state index contributed by atoms with van der Waals surface area (Å²) < 4.78 is 5.70. The molecule has 1 aliphatic carbocycles. The largest absolute Gasteiger partial charge is 0.496 e. The van der Waals surface area contributed by atoms with Crippen LogP contribution in [0.5, 0.6) is 5.75 Å². The van der Waals surface area contributed by atoms with E-state index in [1.54, 1.807) is 0 Å². The number of benzene rings is 1. The summed E-state index contributed by atoms with van der Waals surface area (Å²) >= 11 is 0. The molecule has 1 saturated carbocycles. The fourth-order valence-electron chi connectivity index (χ4n) is 2.63. The molecular formula is C16H24O. The maximum absolute atomic E-state index is 5.70. The van der Waals surface area contributed by atoms with Gasteiger partial charge in [-0.3, -0.25) is 0 Å². The zero-order chi connectivity index (χ0) is 12.4. The van der Waals surface area contributed by atoms with E-state index < -0.39 is 0 Å². The Morgan fingerprint density at radius 1 is 1.24 bits per heavy atom. The third-order valence-corrected chi connectivity index (χ3v) is 4.24. The Hall–Kier alpha value is -0.980. The lowest BCUT2D eigenvalue weighted by molar-refractivity contribution is 0.395. The Kier molecular flexibility index (Phi) is 3.76. The minimum Gasteiger partial charge on any atom is -0.496 e. The molecule has 1 unspecified atom stereocenters. The molecule has 1 heteroatoms. The summed E-state index contributed by atoms with van der Waals surface area (Å²) in [6.07, 6.45) is 3.94. The van der Waals surface area contributed by atoms with Crippen molar-refractivity contribution in [1.29, 1.82) is 0 Å². The minimum absolute atomic E-state index is 0.580. The van der Waals surface area contributed by atoms with Gasteiger partial charge >= 0.3 is 0 Å². The molecule has 2 rings (SSSR count). The number of hydrogen-bond acceptors (Lipinski definition) is 1. The molecule has 0 radical (unpaired) electrons. The van der Waals surface area contributed by atoms with Crippen molar-refractivity contribution < 1.29 is 4.74 Å². The SMILES string of the molecule is CCC(C)c1cccc([C@H](C)C2CC2)c1OC. The number of methoxy groups -OCH3 is 1. The summed E-state index contributed by atoms with van der Waals surface area (Å²) in [6.45, 7) is 6.86. The number of rotatable bonds is 5. The summed E-state index contributed by atoms with van der Waals surface area (Å²) in [7, 11) is 1.81. The van der Waals surface area contributed by atoms with E-state index in [0.29, 0.717) is 11.8 Å². The first kappa shape index (κ1) is 12.5. The van der Waals surface area contributed by atoms with Gasteiger partial charge in [-0.25, -0.2) is 0 Å². The van der Waals surface area contributed by atoms with Gasteiger partial charge in [-0.15, -0.1) is 0 Å². The van der Waals surface area contributed by atoms with Crippen molar-refractivity contribution in [3.8, 4) is 5.75 Å². The van der Waals surface area contributed by atoms with Crippen molar-refractivity contribution in [2.24, 2.45) is 5.92 Å². The van der Waals surface area contributed by atoms with Gasteiger partial charge in [0, 0.05) is 0 Å². The zero-order valence-corrected chi connectivity index (χ0v) is 11.5. The molecular weight excluding hydrogens is 208 g/mol. The number of para-hydroxylation sites is 1. The summed E-state index contributed by atoms with van der Waals surface area (Å²) in [4.78, 5) is 0. The highest BCUT2D eigenvalue weighted by Gasteiger charge is 2.31. The van der Waals surface area contributed by atoms with Crippen molar-refractivity contribution in [3.63, 3.8) is 0 Å². The van der Waals surface area contributed by atoms with Gasteiger partial charge in [0.1, 0.15) is 5.75 Å². The summed E-state index contributed by atoms with van der Waals surface area (Å²) in [5.74, 6) is 3.25. The quantitative estimate of drug-likeness (QED) is 0.713. The van der Waals surface area contributed by atoms with Crippen LogP contribution in [0, 0.1) is 5.92 Å². The molecule has 17 heavy (non-hydrogen) atoms. The molecule has 0 amide bonds. The van der Waals surface area contributed by atoms with E-state index in [2.05, 4.69) is 39.0 Å². The predicted octanol–water partition coefficient (Wildman–Crippen LogP) is 4.72. The van der Waals surface area contributed by atoms with Crippen LogP contribution in [0.2, 0.25) is 0 Å². The van der Waals surface area contributed by atoms with Gasteiger partial charge in [-0.05, 0) is 48.1 Å². The maximum Gasteiger partial charge on any atom is 0.125 e. The highest BCUT2D eigenvalue weighted by molar-refractivity contribution is 5.45. The zero-order valence-electron chi connectivity index (χ0n) is 11.5. The van der Waals surface area contributed by atoms with Crippen molar-refractivity contribution in [2.75, 3.05) is 7.11 Å². The van der Waals surface area contributed by atoms with Crippen LogP contribution in [0.4, 0.5) is 0 Å². The number of ether oxygens (including phenoxy) is 1. The molecule has 1 aliphatic rings. The molecule has 0 heterocycles. The van der Waals surface area contributed by atoms with Crippen LogP contribution >= 0.6 is 0 Å². The summed E-state index contributed by atoms with van der Waals surface area (Å²) in [5.41, 5.74) is 2.78. The summed E-state index contributed by atoms with van der Waals surface area (Å²) in [6, 6.07) is 6.65. The highest BCUT2D eigenvalue weighted by atomic mass is 16.5. The standard InChI is InChI=1S/C16H24O/c1-5-11(2)14-7-6-8-15(16(14)17-4)12(3)13-9-10-13/h6-8,11-13H,5,9-10H2,1-4H3/t11?,12-/m1/s1. The van der Waals surface area contributed by atoms with E-state index in [-0.39, 0.29) is 0 Å². The maximum atomic E-state index is 5.70. The van der Waals surface area contributed by atoms with E-state index in [0.717, 1.165) is 18.1 Å². The Morgan fingerprint density at radius 3 is 2.41 bits per heavy atom. The fraction of sp³-hybridized carbons (Fsp3) is 0.625. The fourth-order valence-corrected chi connectivity index (χ4v) is 2.63. The lowest BCUT2D eigenvalue weighted by Gasteiger charge is -2.21. The van der Waals surface area contributed by atoms with E-state index in [1.165, 1.54) is 24.0 Å². The van der Waals surface area contributed by atoms with Crippen LogP contribution in [0.25, 0.3) is 0 Å². The van der Waals surface area contributed by atoms with E-state index in [9.17, 15) is 0 Å². The second-order valence-corrected chi connectivity index (χ2v) is 5.41. The second kappa shape index (κ2) is 5.12. The second-order valence-electron chi connectivity index (χ2n) is 5.41.